The van der Waals surface area contributed by atoms with Gasteiger partial charge in [-0.3, -0.25) is 19.3 Å². The highest BCUT2D eigenvalue weighted by Crippen LogP contribution is 2.36. The van der Waals surface area contributed by atoms with Crippen LogP contribution in [0.4, 0.5) is 0 Å². The monoisotopic (exact) mass is 392 g/mol. The molecule has 3 amide bonds. The van der Waals surface area contributed by atoms with E-state index in [1.54, 1.807) is 12.1 Å². The number of benzene rings is 1. The van der Waals surface area contributed by atoms with Crippen LogP contribution in [-0.2, 0) is 25.4 Å². The Morgan fingerprint density at radius 1 is 1.22 bits per heavy atom. The quantitative estimate of drug-likeness (QED) is 0.249. The fourth-order valence-corrected chi connectivity index (χ4v) is 4.19. The van der Waals surface area contributed by atoms with Gasteiger partial charge in [0.25, 0.3) is 17.7 Å². The van der Waals surface area contributed by atoms with E-state index in [0.29, 0.717) is 4.90 Å². The van der Waals surface area contributed by atoms with Gasteiger partial charge in [0, 0.05) is 0 Å². The van der Waals surface area contributed by atoms with Crippen LogP contribution in [0.2, 0.25) is 0 Å². The molecule has 2 aliphatic heterocycles. The summed E-state index contributed by atoms with van der Waals surface area (Å²) in [7, 11) is 1.11. The molecule has 4 atom stereocenters. The van der Waals surface area contributed by atoms with Gasteiger partial charge in [-0.05, 0) is 24.6 Å². The highest BCUT2D eigenvalue weighted by Gasteiger charge is 2.61. The second-order valence-electron chi connectivity index (χ2n) is 6.16. The lowest BCUT2D eigenvalue weighted by Gasteiger charge is -2.50. The Morgan fingerprint density at radius 2 is 1.74 bits per heavy atom. The molecule has 9 nitrogen and oxygen atoms in total. The van der Waals surface area contributed by atoms with Gasteiger partial charge in [0.05, 0.1) is 18.2 Å². The van der Waals surface area contributed by atoms with Crippen molar-refractivity contribution in [1.82, 2.24) is 9.80 Å². The number of esters is 1. The second kappa shape index (κ2) is 6.71. The smallest absolute Gasteiger partial charge is 0.332 e. The van der Waals surface area contributed by atoms with Crippen molar-refractivity contribution in [3.63, 3.8) is 0 Å². The molecule has 4 unspecified atom stereocenters. The Kier molecular flexibility index (Phi) is 4.70. The molecule has 0 radical (unpaired) electrons. The third-order valence-corrected chi connectivity index (χ3v) is 5.43. The summed E-state index contributed by atoms with van der Waals surface area (Å²) < 4.78 is 26.3. The third-order valence-electron chi connectivity index (χ3n) is 4.53. The van der Waals surface area contributed by atoms with Crippen LogP contribution < -0.4 is 0 Å². The molecular weight excluding hydrogens is 376 g/mol. The summed E-state index contributed by atoms with van der Waals surface area (Å²) >= 11 is -2.64. The summed E-state index contributed by atoms with van der Waals surface area (Å²) in [5.41, 5.74) is 0.438. The lowest BCUT2D eigenvalue weighted by Crippen LogP contribution is -2.75. The molecule has 1 aromatic rings. The number of rotatable bonds is 5. The Morgan fingerprint density at radius 3 is 2.15 bits per heavy atom. The lowest BCUT2D eigenvalue weighted by molar-refractivity contribution is -0.163. The van der Waals surface area contributed by atoms with Crippen LogP contribution in [0.1, 0.15) is 27.6 Å². The molecule has 0 aliphatic carbocycles. The van der Waals surface area contributed by atoms with E-state index in [-0.39, 0.29) is 16.7 Å². The number of ether oxygens (including phenoxy) is 1. The van der Waals surface area contributed by atoms with Crippen LogP contribution >= 0.6 is 0 Å². The number of likely N-dealkylation sites (tertiary alicyclic amines) is 1. The number of imide groups is 1. The van der Waals surface area contributed by atoms with Crippen molar-refractivity contribution >= 4 is 34.8 Å². The minimum atomic E-state index is -2.64. The van der Waals surface area contributed by atoms with Crippen LogP contribution in [0.15, 0.2) is 36.4 Å². The number of methoxy groups -OCH3 is 1. The predicted octanol–water partition coefficient (Wildman–Crippen LogP) is 0.159. The molecule has 2 aliphatic rings. The maximum Gasteiger partial charge on any atom is 0.332 e. The molecule has 0 spiro atoms. The minimum Gasteiger partial charge on any atom is -0.467 e. The number of nitrogens with zero attached hydrogens (tertiary/aromatic N) is 2. The van der Waals surface area contributed by atoms with Gasteiger partial charge >= 0.3 is 5.97 Å². The minimum absolute atomic E-state index is 0.112. The molecule has 2 heterocycles. The van der Waals surface area contributed by atoms with Gasteiger partial charge in [-0.2, -0.15) is 0 Å². The number of fused-ring (bicyclic) bond motifs is 1. The van der Waals surface area contributed by atoms with Crippen LogP contribution in [0.25, 0.3) is 0 Å². The summed E-state index contributed by atoms with van der Waals surface area (Å²) in [6.45, 7) is 5.08. The van der Waals surface area contributed by atoms with Gasteiger partial charge in [-0.15, -0.1) is 0 Å². The van der Waals surface area contributed by atoms with E-state index < -0.39 is 52.2 Å². The fraction of sp³-hybridized carbons (Fsp3) is 0.294. The average Bonchev–Trinajstić information content (AvgIpc) is 2.87. The Hall–Kier alpha value is -2.85. The number of hydrogen-bond donors (Lipinski definition) is 1. The van der Waals surface area contributed by atoms with E-state index in [4.69, 9.17) is 0 Å². The molecule has 0 saturated carbocycles. The molecule has 1 fully saturated rings. The van der Waals surface area contributed by atoms with Crippen LogP contribution in [0, 0.1) is 0 Å². The van der Waals surface area contributed by atoms with Crippen molar-refractivity contribution in [2.24, 2.45) is 0 Å². The van der Waals surface area contributed by atoms with Crippen LogP contribution in [-0.4, -0.2) is 66.8 Å². The summed E-state index contributed by atoms with van der Waals surface area (Å²) in [6.07, 6.45) is 0. The van der Waals surface area contributed by atoms with E-state index >= 15 is 0 Å². The maximum absolute atomic E-state index is 12.8. The van der Waals surface area contributed by atoms with Crippen molar-refractivity contribution in [1.29, 1.82) is 0 Å². The highest BCUT2D eigenvalue weighted by atomic mass is 32.2. The van der Waals surface area contributed by atoms with Crippen LogP contribution in [0.5, 0.6) is 0 Å². The summed E-state index contributed by atoms with van der Waals surface area (Å²) in [4.78, 5) is 51.5. The molecular formula is C17H16N2O7S. The number of amides is 3. The van der Waals surface area contributed by atoms with Gasteiger partial charge in [0.2, 0.25) is 0 Å². The number of carbonyl (C=O) groups excluding carboxylic acids is 4. The highest BCUT2D eigenvalue weighted by molar-refractivity contribution is 7.80. The molecule has 0 aromatic heterocycles. The molecule has 1 aromatic carbocycles. The number of hydrogen-bond acceptors (Lipinski definition) is 6. The van der Waals surface area contributed by atoms with E-state index in [0.717, 1.165) is 12.0 Å². The van der Waals surface area contributed by atoms with E-state index in [1.165, 1.54) is 19.1 Å². The van der Waals surface area contributed by atoms with E-state index in [1.807, 2.05) is 0 Å². The standard InChI is InChI=1S/C17H16N2O7S/c1-8(2)11(17(23)26-3)19-15(22)12(16(19)27(24)25)18-13(20)9-6-4-5-7-10(9)14(18)21/h4-7,11-12,16H,1H2,2-3H3,(H,24,25). The zero-order valence-electron chi connectivity index (χ0n) is 14.4. The Bertz CT molecular complexity index is 877. The van der Waals surface area contributed by atoms with Crippen molar-refractivity contribution < 1.29 is 32.7 Å². The summed E-state index contributed by atoms with van der Waals surface area (Å²) in [5, 5.41) is -1.47. The van der Waals surface area contributed by atoms with Gasteiger partial charge in [-0.1, -0.05) is 18.7 Å². The topological polar surface area (TPSA) is 121 Å². The SMILES string of the molecule is C=C(C)C(C(=O)OC)N1C(=O)C(N2C(=O)c3ccccc3C2=O)C1S(=O)O. The van der Waals surface area contributed by atoms with Gasteiger partial charge in [-0.25, -0.2) is 9.00 Å². The molecule has 142 valence electrons. The second-order valence-corrected chi connectivity index (χ2v) is 7.19. The third kappa shape index (κ3) is 2.68. The van der Waals surface area contributed by atoms with E-state index in [2.05, 4.69) is 11.3 Å². The molecule has 1 N–H and O–H groups in total. The largest absolute Gasteiger partial charge is 0.467 e. The number of carbonyl (C=O) groups is 4. The lowest BCUT2D eigenvalue weighted by atomic mass is 9.98. The Balaban J connectivity index is 1.99. The zero-order chi connectivity index (χ0) is 20.0. The van der Waals surface area contributed by atoms with E-state index in [9.17, 15) is 27.9 Å². The molecule has 10 heteroatoms. The normalized spacial score (nSPS) is 23.6. The van der Waals surface area contributed by atoms with Crippen molar-refractivity contribution in [3.05, 3.63) is 47.5 Å². The first kappa shape index (κ1) is 18.9. The predicted molar refractivity (Wildman–Crippen MR) is 92.8 cm³/mol. The van der Waals surface area contributed by atoms with Gasteiger partial charge in [0.15, 0.2) is 28.5 Å². The first-order valence-electron chi connectivity index (χ1n) is 7.84. The van der Waals surface area contributed by atoms with Crippen LogP contribution in [0.3, 0.4) is 0 Å². The van der Waals surface area contributed by atoms with Crippen molar-refractivity contribution in [3.8, 4) is 0 Å². The zero-order valence-corrected chi connectivity index (χ0v) is 15.3. The molecule has 3 rings (SSSR count). The molecule has 1 saturated heterocycles. The fourth-order valence-electron chi connectivity index (χ4n) is 3.31. The Labute approximate surface area is 156 Å². The van der Waals surface area contributed by atoms with Gasteiger partial charge < -0.3 is 14.2 Å². The first-order chi connectivity index (χ1) is 12.7. The van der Waals surface area contributed by atoms with Gasteiger partial charge in [0.1, 0.15) is 0 Å². The summed E-state index contributed by atoms with van der Waals surface area (Å²) in [5.74, 6) is -3.11. The maximum atomic E-state index is 12.8. The van der Waals surface area contributed by atoms with Crippen molar-refractivity contribution in [2.45, 2.75) is 24.4 Å². The summed E-state index contributed by atoms with van der Waals surface area (Å²) in [6, 6.07) is 3.22. The van der Waals surface area contributed by atoms with Crippen molar-refractivity contribution in [2.75, 3.05) is 7.11 Å². The first-order valence-corrected chi connectivity index (χ1v) is 9.01. The molecule has 27 heavy (non-hydrogen) atoms. The average molecular weight is 392 g/mol. The molecule has 0 bridgehead atoms. The number of β-lactam (4-membered cyclic amide) rings is 1.